The van der Waals surface area contributed by atoms with E-state index >= 15 is 0 Å². The first kappa shape index (κ1) is 15.1. The van der Waals surface area contributed by atoms with Gasteiger partial charge in [-0.2, -0.15) is 0 Å². The SMILES string of the molecule is CC(C)(C)OC(=O)N1CCC[C@](C[C@H]2CO2)(C(=O)O)C1. The predicted octanol–water partition coefficient (Wildman–Crippen LogP) is 1.88. The molecule has 2 aliphatic heterocycles. The van der Waals surface area contributed by atoms with E-state index in [0.717, 1.165) is 0 Å². The summed E-state index contributed by atoms with van der Waals surface area (Å²) in [6, 6.07) is 0. The number of carbonyl (C=O) groups excluding carboxylic acids is 1. The van der Waals surface area contributed by atoms with Crippen molar-refractivity contribution in [2.24, 2.45) is 5.41 Å². The monoisotopic (exact) mass is 285 g/mol. The van der Waals surface area contributed by atoms with Gasteiger partial charge in [0.15, 0.2) is 0 Å². The van der Waals surface area contributed by atoms with Gasteiger partial charge in [-0.15, -0.1) is 0 Å². The fourth-order valence-electron chi connectivity index (χ4n) is 2.66. The maximum atomic E-state index is 12.1. The molecule has 114 valence electrons. The molecule has 0 aromatic carbocycles. The van der Waals surface area contributed by atoms with Gasteiger partial charge in [-0.05, 0) is 40.0 Å². The average molecular weight is 285 g/mol. The molecule has 0 aliphatic carbocycles. The second-order valence-corrected chi connectivity index (χ2v) is 6.75. The third-order valence-corrected chi connectivity index (χ3v) is 3.70. The molecule has 0 unspecified atom stereocenters. The maximum Gasteiger partial charge on any atom is 0.410 e. The third-order valence-electron chi connectivity index (χ3n) is 3.70. The molecule has 2 fully saturated rings. The van der Waals surface area contributed by atoms with Crippen LogP contribution in [-0.4, -0.2) is 53.5 Å². The van der Waals surface area contributed by atoms with Gasteiger partial charge in [0.05, 0.1) is 18.1 Å². The van der Waals surface area contributed by atoms with Crippen LogP contribution in [0.15, 0.2) is 0 Å². The Balaban J connectivity index is 2.05. The Labute approximate surface area is 119 Å². The first-order valence-electron chi connectivity index (χ1n) is 7.05. The van der Waals surface area contributed by atoms with Crippen molar-refractivity contribution in [3.8, 4) is 0 Å². The van der Waals surface area contributed by atoms with Gasteiger partial charge in [0.25, 0.3) is 0 Å². The quantitative estimate of drug-likeness (QED) is 0.801. The fourth-order valence-corrected chi connectivity index (χ4v) is 2.66. The van der Waals surface area contributed by atoms with Crippen LogP contribution in [0.4, 0.5) is 4.79 Å². The molecule has 6 nitrogen and oxygen atoms in total. The van der Waals surface area contributed by atoms with E-state index in [2.05, 4.69) is 0 Å². The Morgan fingerprint density at radius 2 is 2.10 bits per heavy atom. The zero-order valence-corrected chi connectivity index (χ0v) is 12.3. The van der Waals surface area contributed by atoms with Crippen LogP contribution in [-0.2, 0) is 14.3 Å². The number of nitrogens with zero attached hydrogens (tertiary/aromatic N) is 1. The first-order valence-corrected chi connectivity index (χ1v) is 7.05. The lowest BCUT2D eigenvalue weighted by atomic mass is 9.76. The number of rotatable bonds is 3. The zero-order valence-electron chi connectivity index (χ0n) is 12.3. The normalized spacial score (nSPS) is 29.9. The Kier molecular flexibility index (Phi) is 3.95. The largest absolute Gasteiger partial charge is 0.481 e. The number of likely N-dealkylation sites (tertiary alicyclic amines) is 1. The van der Waals surface area contributed by atoms with Crippen molar-refractivity contribution in [2.75, 3.05) is 19.7 Å². The Morgan fingerprint density at radius 1 is 1.45 bits per heavy atom. The van der Waals surface area contributed by atoms with Crippen molar-refractivity contribution in [1.29, 1.82) is 0 Å². The Hall–Kier alpha value is -1.30. The van der Waals surface area contributed by atoms with Crippen LogP contribution in [0, 0.1) is 5.41 Å². The Morgan fingerprint density at radius 3 is 2.60 bits per heavy atom. The molecule has 2 rings (SSSR count). The van der Waals surface area contributed by atoms with Crippen LogP contribution < -0.4 is 0 Å². The lowest BCUT2D eigenvalue weighted by Crippen LogP contribution is -2.51. The highest BCUT2D eigenvalue weighted by Gasteiger charge is 2.48. The summed E-state index contributed by atoms with van der Waals surface area (Å²) in [5, 5.41) is 9.56. The van der Waals surface area contributed by atoms with Gasteiger partial charge in [0.2, 0.25) is 0 Å². The molecule has 0 aromatic rings. The van der Waals surface area contributed by atoms with E-state index < -0.39 is 23.1 Å². The highest BCUT2D eigenvalue weighted by atomic mass is 16.6. The molecule has 0 spiro atoms. The molecule has 0 aromatic heterocycles. The molecule has 2 atom stereocenters. The van der Waals surface area contributed by atoms with Gasteiger partial charge in [-0.25, -0.2) is 4.79 Å². The summed E-state index contributed by atoms with van der Waals surface area (Å²) >= 11 is 0. The number of hydrogen-bond donors (Lipinski definition) is 1. The summed E-state index contributed by atoms with van der Waals surface area (Å²) in [6.07, 6.45) is 1.34. The number of carboxylic acid groups (broad SMARTS) is 1. The molecular weight excluding hydrogens is 262 g/mol. The van der Waals surface area contributed by atoms with Crippen molar-refractivity contribution in [1.82, 2.24) is 4.90 Å². The lowest BCUT2D eigenvalue weighted by molar-refractivity contribution is -0.153. The van der Waals surface area contributed by atoms with Crippen molar-refractivity contribution >= 4 is 12.1 Å². The van der Waals surface area contributed by atoms with Gasteiger partial charge in [-0.3, -0.25) is 4.79 Å². The molecule has 2 heterocycles. The van der Waals surface area contributed by atoms with Gasteiger partial charge in [0.1, 0.15) is 5.60 Å². The zero-order chi connectivity index (χ0) is 15.0. The van der Waals surface area contributed by atoms with E-state index in [9.17, 15) is 14.7 Å². The van der Waals surface area contributed by atoms with E-state index in [1.54, 1.807) is 20.8 Å². The summed E-state index contributed by atoms with van der Waals surface area (Å²) in [5.74, 6) is -0.846. The smallest absolute Gasteiger partial charge is 0.410 e. The standard InChI is InChI=1S/C14H23NO5/c1-13(2,3)20-12(18)15-6-4-5-14(9-15,11(16)17)7-10-8-19-10/h10H,4-9H2,1-3H3,(H,16,17)/t10-,14+/m0/s1. The molecular formula is C14H23NO5. The van der Waals surface area contributed by atoms with Crippen molar-refractivity contribution in [3.05, 3.63) is 0 Å². The Bertz CT molecular complexity index is 399. The number of carbonyl (C=O) groups is 2. The molecule has 1 N–H and O–H groups in total. The molecule has 20 heavy (non-hydrogen) atoms. The number of piperidine rings is 1. The van der Waals surface area contributed by atoms with E-state index in [4.69, 9.17) is 9.47 Å². The van der Waals surface area contributed by atoms with Crippen LogP contribution in [0.25, 0.3) is 0 Å². The molecule has 1 amide bonds. The average Bonchev–Trinajstić information content (AvgIpc) is 3.10. The first-order chi connectivity index (χ1) is 9.22. The molecule has 2 aliphatic rings. The van der Waals surface area contributed by atoms with Crippen molar-refractivity contribution < 1.29 is 24.2 Å². The van der Waals surface area contributed by atoms with Gasteiger partial charge < -0.3 is 19.5 Å². The number of epoxide rings is 1. The minimum atomic E-state index is -0.893. The van der Waals surface area contributed by atoms with E-state index in [0.29, 0.717) is 32.4 Å². The van der Waals surface area contributed by atoms with Gasteiger partial charge in [-0.1, -0.05) is 0 Å². The van der Waals surface area contributed by atoms with Crippen LogP contribution in [0.5, 0.6) is 0 Å². The minimum absolute atomic E-state index is 0.0321. The summed E-state index contributed by atoms with van der Waals surface area (Å²) in [7, 11) is 0. The molecule has 0 radical (unpaired) electrons. The second-order valence-electron chi connectivity index (χ2n) is 6.75. The van der Waals surface area contributed by atoms with Crippen molar-refractivity contribution in [2.45, 2.75) is 51.7 Å². The highest BCUT2D eigenvalue weighted by Crippen LogP contribution is 2.38. The van der Waals surface area contributed by atoms with Crippen LogP contribution >= 0.6 is 0 Å². The van der Waals surface area contributed by atoms with E-state index in [1.807, 2.05) is 0 Å². The fraction of sp³-hybridized carbons (Fsp3) is 0.857. The third kappa shape index (κ3) is 3.62. The number of hydrogen-bond acceptors (Lipinski definition) is 4. The van der Waals surface area contributed by atoms with Gasteiger partial charge >= 0.3 is 12.1 Å². The predicted molar refractivity (Wildman–Crippen MR) is 71.5 cm³/mol. The molecule has 0 bridgehead atoms. The topological polar surface area (TPSA) is 79.4 Å². The molecule has 0 saturated carbocycles. The van der Waals surface area contributed by atoms with Crippen LogP contribution in [0.2, 0.25) is 0 Å². The summed E-state index contributed by atoms with van der Waals surface area (Å²) in [6.45, 7) is 6.79. The lowest BCUT2D eigenvalue weighted by Gasteiger charge is -2.40. The number of carboxylic acids is 1. The number of amides is 1. The molecule has 6 heteroatoms. The van der Waals surface area contributed by atoms with Gasteiger partial charge in [0, 0.05) is 13.1 Å². The minimum Gasteiger partial charge on any atom is -0.481 e. The second kappa shape index (κ2) is 5.24. The summed E-state index contributed by atoms with van der Waals surface area (Å²) in [5.41, 5.74) is -1.46. The summed E-state index contributed by atoms with van der Waals surface area (Å²) in [4.78, 5) is 25.3. The summed E-state index contributed by atoms with van der Waals surface area (Å²) < 4.78 is 10.5. The number of ether oxygens (including phenoxy) is 2. The molecule has 2 saturated heterocycles. The van der Waals surface area contributed by atoms with Crippen LogP contribution in [0.3, 0.4) is 0 Å². The highest BCUT2D eigenvalue weighted by molar-refractivity contribution is 5.77. The van der Waals surface area contributed by atoms with E-state index in [1.165, 1.54) is 4.90 Å². The van der Waals surface area contributed by atoms with Crippen LogP contribution in [0.1, 0.15) is 40.0 Å². The maximum absolute atomic E-state index is 12.1. The van der Waals surface area contributed by atoms with Crippen molar-refractivity contribution in [3.63, 3.8) is 0 Å². The number of aliphatic carboxylic acids is 1. The van der Waals surface area contributed by atoms with E-state index in [-0.39, 0.29) is 12.6 Å².